The Morgan fingerprint density at radius 1 is 1.17 bits per heavy atom. The Kier molecular flexibility index (Phi) is 8.95. The quantitative estimate of drug-likeness (QED) is 0.572. The van der Waals surface area contributed by atoms with Gasteiger partial charge in [-0.15, -0.1) is 0 Å². The molecule has 0 radical (unpaired) electrons. The molecule has 0 aromatic heterocycles. The van der Waals surface area contributed by atoms with Crippen LogP contribution in [0.1, 0.15) is 46.0 Å². The predicted octanol–water partition coefficient (Wildman–Crippen LogP) is 2.35. The summed E-state index contributed by atoms with van der Waals surface area (Å²) in [6.45, 7) is 5.73. The Bertz CT molecular complexity index is 83.9. The number of unbranched alkanes of at least 4 members (excludes halogenated alkanes) is 2. The molecule has 0 bridgehead atoms. The van der Waals surface area contributed by atoms with Crippen molar-refractivity contribution >= 4 is 0 Å². The van der Waals surface area contributed by atoms with Crippen LogP contribution in [0.2, 0.25) is 0 Å². The van der Waals surface area contributed by atoms with Gasteiger partial charge in [-0.05, 0) is 19.3 Å². The van der Waals surface area contributed by atoms with Crippen molar-refractivity contribution in [2.45, 2.75) is 52.1 Å². The summed E-state index contributed by atoms with van der Waals surface area (Å²) in [6.07, 6.45) is 5.08. The molecule has 0 aromatic carbocycles. The smallest absolute Gasteiger partial charge is 0.0559 e. The van der Waals surface area contributed by atoms with Gasteiger partial charge in [0.15, 0.2) is 0 Å². The summed E-state index contributed by atoms with van der Waals surface area (Å²) in [6, 6.07) is 0. The molecule has 0 fully saturated rings. The van der Waals surface area contributed by atoms with E-state index in [1.807, 2.05) is 6.92 Å². The van der Waals surface area contributed by atoms with Crippen molar-refractivity contribution < 1.29 is 9.84 Å². The molecule has 0 spiro atoms. The standard InChI is InChI=1S/C10H22O2/c1-3-5-6-8-12-9-7-10(11)4-2/h10-11H,3-9H2,1-2H3. The van der Waals surface area contributed by atoms with Crippen molar-refractivity contribution in [3.05, 3.63) is 0 Å². The summed E-state index contributed by atoms with van der Waals surface area (Å²) in [7, 11) is 0. The molecule has 1 unspecified atom stereocenters. The minimum atomic E-state index is -0.170. The third kappa shape index (κ3) is 8.02. The average Bonchev–Trinajstić information content (AvgIpc) is 2.10. The van der Waals surface area contributed by atoms with Crippen molar-refractivity contribution in [3.8, 4) is 0 Å². The van der Waals surface area contributed by atoms with E-state index in [-0.39, 0.29) is 6.10 Å². The minimum Gasteiger partial charge on any atom is -0.393 e. The maximum Gasteiger partial charge on any atom is 0.0559 e. The van der Waals surface area contributed by atoms with Crippen molar-refractivity contribution in [1.29, 1.82) is 0 Å². The summed E-state index contributed by atoms with van der Waals surface area (Å²) in [5.74, 6) is 0. The molecule has 0 amide bonds. The Hall–Kier alpha value is -0.0800. The Labute approximate surface area is 75.9 Å². The number of hydrogen-bond donors (Lipinski definition) is 1. The van der Waals surface area contributed by atoms with E-state index in [0.29, 0.717) is 6.61 Å². The van der Waals surface area contributed by atoms with Gasteiger partial charge in [-0.2, -0.15) is 0 Å². The van der Waals surface area contributed by atoms with Gasteiger partial charge in [-0.1, -0.05) is 26.7 Å². The maximum absolute atomic E-state index is 9.18. The molecule has 0 rings (SSSR count). The van der Waals surface area contributed by atoms with Crippen molar-refractivity contribution in [3.63, 3.8) is 0 Å². The van der Waals surface area contributed by atoms with Crippen molar-refractivity contribution in [2.24, 2.45) is 0 Å². The first kappa shape index (κ1) is 11.9. The largest absolute Gasteiger partial charge is 0.393 e. The van der Waals surface area contributed by atoms with Gasteiger partial charge in [0.1, 0.15) is 0 Å². The second kappa shape index (κ2) is 9.01. The topological polar surface area (TPSA) is 29.5 Å². The van der Waals surface area contributed by atoms with Gasteiger partial charge in [-0.3, -0.25) is 0 Å². The summed E-state index contributed by atoms with van der Waals surface area (Å²) in [5, 5.41) is 9.18. The summed E-state index contributed by atoms with van der Waals surface area (Å²) in [4.78, 5) is 0. The minimum absolute atomic E-state index is 0.170. The van der Waals surface area contributed by atoms with Crippen LogP contribution in [0.15, 0.2) is 0 Å². The van der Waals surface area contributed by atoms with Crippen LogP contribution in [0.3, 0.4) is 0 Å². The lowest BCUT2D eigenvalue weighted by molar-refractivity contribution is 0.0785. The fourth-order valence-electron chi connectivity index (χ4n) is 0.980. The molecule has 0 saturated carbocycles. The lowest BCUT2D eigenvalue weighted by Crippen LogP contribution is -2.09. The third-order valence-electron chi connectivity index (χ3n) is 1.96. The zero-order valence-corrected chi connectivity index (χ0v) is 8.38. The molecule has 12 heavy (non-hydrogen) atoms. The van der Waals surface area contributed by atoms with Crippen molar-refractivity contribution in [2.75, 3.05) is 13.2 Å². The van der Waals surface area contributed by atoms with E-state index >= 15 is 0 Å². The molecular formula is C10H22O2. The molecular weight excluding hydrogens is 152 g/mol. The molecule has 0 heterocycles. The molecule has 0 aliphatic heterocycles. The van der Waals surface area contributed by atoms with E-state index in [2.05, 4.69) is 6.92 Å². The highest BCUT2D eigenvalue weighted by Gasteiger charge is 1.98. The van der Waals surface area contributed by atoms with Crippen LogP contribution in [-0.4, -0.2) is 24.4 Å². The summed E-state index contributed by atoms with van der Waals surface area (Å²) >= 11 is 0. The first-order valence-corrected chi connectivity index (χ1v) is 5.07. The van der Waals surface area contributed by atoms with Gasteiger partial charge in [0.05, 0.1) is 6.10 Å². The second-order valence-electron chi connectivity index (χ2n) is 3.17. The molecule has 0 aliphatic carbocycles. The Morgan fingerprint density at radius 2 is 1.92 bits per heavy atom. The second-order valence-corrected chi connectivity index (χ2v) is 3.17. The highest BCUT2D eigenvalue weighted by molar-refractivity contribution is 4.50. The number of aliphatic hydroxyl groups is 1. The van der Waals surface area contributed by atoms with Gasteiger partial charge in [0.25, 0.3) is 0 Å². The van der Waals surface area contributed by atoms with Gasteiger partial charge in [-0.25, -0.2) is 0 Å². The Balaban J connectivity index is 2.90. The lowest BCUT2D eigenvalue weighted by atomic mass is 10.2. The SMILES string of the molecule is CCCCCOCCC(O)CC. The van der Waals surface area contributed by atoms with Crippen molar-refractivity contribution in [1.82, 2.24) is 0 Å². The highest BCUT2D eigenvalue weighted by atomic mass is 16.5. The van der Waals surface area contributed by atoms with E-state index in [4.69, 9.17) is 4.74 Å². The summed E-state index contributed by atoms with van der Waals surface area (Å²) in [5.41, 5.74) is 0. The van der Waals surface area contributed by atoms with Crippen LogP contribution in [0.4, 0.5) is 0 Å². The fraction of sp³-hybridized carbons (Fsp3) is 1.00. The van der Waals surface area contributed by atoms with Gasteiger partial charge < -0.3 is 9.84 Å². The van der Waals surface area contributed by atoms with E-state index in [1.165, 1.54) is 12.8 Å². The van der Waals surface area contributed by atoms with Crippen LogP contribution in [0.5, 0.6) is 0 Å². The normalized spacial score (nSPS) is 13.2. The average molecular weight is 174 g/mol. The molecule has 0 aromatic rings. The zero-order chi connectivity index (χ0) is 9.23. The van der Waals surface area contributed by atoms with Gasteiger partial charge >= 0.3 is 0 Å². The van der Waals surface area contributed by atoms with Crippen LogP contribution in [0.25, 0.3) is 0 Å². The number of ether oxygens (including phenoxy) is 1. The van der Waals surface area contributed by atoms with Crippen LogP contribution < -0.4 is 0 Å². The molecule has 1 atom stereocenters. The maximum atomic E-state index is 9.18. The zero-order valence-electron chi connectivity index (χ0n) is 8.38. The molecule has 1 N–H and O–H groups in total. The fourth-order valence-corrected chi connectivity index (χ4v) is 0.980. The van der Waals surface area contributed by atoms with E-state index < -0.39 is 0 Å². The van der Waals surface area contributed by atoms with E-state index in [0.717, 1.165) is 25.9 Å². The lowest BCUT2D eigenvalue weighted by Gasteiger charge is -2.07. The van der Waals surface area contributed by atoms with Crippen LogP contribution in [-0.2, 0) is 4.74 Å². The number of aliphatic hydroxyl groups excluding tert-OH is 1. The number of hydrogen-bond acceptors (Lipinski definition) is 2. The number of rotatable bonds is 8. The first-order chi connectivity index (χ1) is 5.81. The highest BCUT2D eigenvalue weighted by Crippen LogP contribution is 1.98. The van der Waals surface area contributed by atoms with Gasteiger partial charge in [0.2, 0.25) is 0 Å². The monoisotopic (exact) mass is 174 g/mol. The van der Waals surface area contributed by atoms with Crippen LogP contribution in [0, 0.1) is 0 Å². The van der Waals surface area contributed by atoms with E-state index in [1.54, 1.807) is 0 Å². The molecule has 0 saturated heterocycles. The summed E-state index contributed by atoms with van der Waals surface area (Å²) < 4.78 is 5.35. The Morgan fingerprint density at radius 3 is 2.50 bits per heavy atom. The molecule has 2 nitrogen and oxygen atoms in total. The third-order valence-corrected chi connectivity index (χ3v) is 1.96. The predicted molar refractivity (Wildman–Crippen MR) is 51.3 cm³/mol. The first-order valence-electron chi connectivity index (χ1n) is 5.07. The molecule has 74 valence electrons. The van der Waals surface area contributed by atoms with E-state index in [9.17, 15) is 5.11 Å². The molecule has 2 heteroatoms. The molecule has 0 aliphatic rings. The van der Waals surface area contributed by atoms with Gasteiger partial charge in [0, 0.05) is 13.2 Å². The van der Waals surface area contributed by atoms with Crippen LogP contribution >= 0.6 is 0 Å².